The van der Waals surface area contributed by atoms with Gasteiger partial charge in [0.05, 0.1) is 29.6 Å². The van der Waals surface area contributed by atoms with Crippen LogP contribution in [0.2, 0.25) is 0 Å². The first-order valence-electron chi connectivity index (χ1n) is 14.7. The number of benzene rings is 3. The minimum atomic E-state index is -5.19. The Kier molecular flexibility index (Phi) is 10.1. The molecule has 3 aromatic heterocycles. The SMILES string of the molecule is O=C([O-])C(F)(F)F.[NH3+]Cc1ccc(-c2[nH+]c3ccnc(CCC(=O)Cc4nc(-c5ccccc5)n[nH]4)c3cc2-c2ccccc2)cc1. The number of H-pyrrole nitrogens is 2. The number of hydrogen-bond donors (Lipinski definition) is 2. The van der Waals surface area contributed by atoms with Gasteiger partial charge in [-0.25, -0.2) is 9.97 Å². The molecular weight excluding hydrogens is 609 g/mol. The summed E-state index contributed by atoms with van der Waals surface area (Å²) in [6.07, 6.45) is -2.28. The van der Waals surface area contributed by atoms with E-state index in [-0.39, 0.29) is 12.2 Å². The number of rotatable bonds is 9. The van der Waals surface area contributed by atoms with Gasteiger partial charge in [-0.3, -0.25) is 14.9 Å². The number of carbonyl (C=O) groups excluding carboxylic acids is 2. The number of pyridine rings is 2. The normalized spacial score (nSPS) is 11.1. The Labute approximate surface area is 267 Å². The van der Waals surface area contributed by atoms with Gasteiger partial charge < -0.3 is 15.6 Å². The van der Waals surface area contributed by atoms with Crippen LogP contribution in [0.5, 0.6) is 0 Å². The molecule has 9 nitrogen and oxygen atoms in total. The number of aromatic amines is 2. The Morgan fingerprint density at radius 1 is 0.872 bits per heavy atom. The van der Waals surface area contributed by atoms with Gasteiger partial charge in [-0.15, -0.1) is 0 Å². The number of ketones is 1. The number of aliphatic carboxylic acids is 1. The van der Waals surface area contributed by atoms with E-state index in [4.69, 9.17) is 9.90 Å². The number of carboxylic acid groups (broad SMARTS) is 1. The van der Waals surface area contributed by atoms with Gasteiger partial charge in [0.2, 0.25) is 11.2 Å². The molecule has 238 valence electrons. The number of nitrogens with one attached hydrogen (secondary N) is 2. The van der Waals surface area contributed by atoms with Crippen LogP contribution in [0.4, 0.5) is 13.2 Å². The molecule has 0 saturated heterocycles. The van der Waals surface area contributed by atoms with Gasteiger partial charge in [-0.2, -0.15) is 18.3 Å². The zero-order chi connectivity index (χ0) is 33.4. The first kappa shape index (κ1) is 32.6. The molecule has 0 fully saturated rings. The van der Waals surface area contributed by atoms with Gasteiger partial charge in [0.25, 0.3) is 0 Å². The highest BCUT2D eigenvalue weighted by atomic mass is 19.4. The molecule has 0 amide bonds. The standard InChI is InChI=1S/C33H28N6O.C2HF3O2/c34-21-22-11-13-24(14-12-22)32-27(23-7-3-1-4-8-23)20-28-29(35-18-17-30(28)36-32)16-15-26(40)19-31-37-33(39-38-31)25-9-5-2-6-10-25;3-2(4,5)1(6)7/h1-14,17-18,20H,15-16,19,21,34H2,(H,37,38,39);(H,6,7)/p+1. The third kappa shape index (κ3) is 8.30. The molecule has 47 heavy (non-hydrogen) atoms. The third-order valence-corrected chi connectivity index (χ3v) is 7.31. The van der Waals surface area contributed by atoms with Crippen LogP contribution in [0, 0.1) is 0 Å². The van der Waals surface area contributed by atoms with Gasteiger partial charge >= 0.3 is 6.18 Å². The Morgan fingerprint density at radius 3 is 2.13 bits per heavy atom. The predicted octanol–water partition coefficient (Wildman–Crippen LogP) is 3.95. The lowest BCUT2D eigenvalue weighted by Gasteiger charge is -2.09. The first-order valence-corrected chi connectivity index (χ1v) is 14.7. The number of carboxylic acids is 1. The summed E-state index contributed by atoms with van der Waals surface area (Å²) in [5, 5.41) is 17.0. The summed E-state index contributed by atoms with van der Waals surface area (Å²) in [4.78, 5) is 34.6. The van der Waals surface area contributed by atoms with Crippen LogP contribution < -0.4 is 15.8 Å². The average molecular weight is 640 g/mol. The van der Waals surface area contributed by atoms with Crippen LogP contribution in [0.25, 0.3) is 44.7 Å². The minimum absolute atomic E-state index is 0.0870. The summed E-state index contributed by atoms with van der Waals surface area (Å²) in [5.41, 5.74) is 12.3. The maximum Gasteiger partial charge on any atom is 0.430 e. The van der Waals surface area contributed by atoms with Crippen molar-refractivity contribution in [2.45, 2.75) is 32.0 Å². The largest absolute Gasteiger partial charge is 0.542 e. The summed E-state index contributed by atoms with van der Waals surface area (Å²) < 4.78 is 31.5. The topological polar surface area (TPSA) is 153 Å². The van der Waals surface area contributed by atoms with Crippen molar-refractivity contribution < 1.29 is 38.6 Å². The summed E-state index contributed by atoms with van der Waals surface area (Å²) in [5.74, 6) is -1.75. The summed E-state index contributed by atoms with van der Waals surface area (Å²) in [6, 6.07) is 32.8. The van der Waals surface area contributed by atoms with Crippen LogP contribution in [0.15, 0.2) is 103 Å². The number of hydrogen-bond acceptors (Lipinski definition) is 6. The van der Waals surface area contributed by atoms with E-state index >= 15 is 0 Å². The lowest BCUT2D eigenvalue weighted by atomic mass is 9.96. The molecule has 0 saturated carbocycles. The third-order valence-electron chi connectivity index (χ3n) is 7.31. The highest BCUT2D eigenvalue weighted by molar-refractivity contribution is 5.89. The average Bonchev–Trinajstić information content (AvgIpc) is 3.56. The molecule has 0 atom stereocenters. The fourth-order valence-electron chi connectivity index (χ4n) is 4.94. The number of halogens is 3. The van der Waals surface area contributed by atoms with Crippen molar-refractivity contribution in [1.82, 2.24) is 20.2 Å². The molecule has 0 radical (unpaired) electrons. The highest BCUT2D eigenvalue weighted by Crippen LogP contribution is 2.32. The summed E-state index contributed by atoms with van der Waals surface area (Å²) in [6.45, 7) is 0.756. The van der Waals surface area contributed by atoms with E-state index in [0.717, 1.165) is 51.1 Å². The number of Topliss-reactive ketones (excluding diaryl/α,β-unsaturated/α-hetero) is 1. The summed E-state index contributed by atoms with van der Waals surface area (Å²) in [7, 11) is 0. The Morgan fingerprint density at radius 2 is 1.51 bits per heavy atom. The number of alkyl halides is 3. The van der Waals surface area contributed by atoms with Crippen LogP contribution >= 0.6 is 0 Å². The zero-order valence-corrected chi connectivity index (χ0v) is 25.1. The second kappa shape index (κ2) is 14.6. The van der Waals surface area contributed by atoms with Crippen LogP contribution in [-0.2, 0) is 29.0 Å². The molecule has 0 unspecified atom stereocenters. The number of fused-ring (bicyclic) bond motifs is 1. The first-order chi connectivity index (χ1) is 22.6. The number of quaternary nitrogens is 1. The molecule has 3 heterocycles. The minimum Gasteiger partial charge on any atom is -0.542 e. The van der Waals surface area contributed by atoms with Crippen molar-refractivity contribution in [2.75, 3.05) is 0 Å². The lowest BCUT2D eigenvalue weighted by molar-refractivity contribution is -0.386. The van der Waals surface area contributed by atoms with E-state index in [1.54, 1.807) is 6.20 Å². The molecule has 6 rings (SSSR count). The number of aryl methyl sites for hydroxylation is 1. The van der Waals surface area contributed by atoms with Crippen LogP contribution in [0.3, 0.4) is 0 Å². The number of aromatic nitrogens is 5. The van der Waals surface area contributed by atoms with E-state index in [2.05, 4.69) is 73.3 Å². The van der Waals surface area contributed by atoms with Crippen LogP contribution in [0.1, 0.15) is 23.5 Å². The quantitative estimate of drug-likeness (QED) is 0.244. The fraction of sp³-hybridized carbons (Fsp3) is 0.143. The molecule has 3 aromatic carbocycles. The van der Waals surface area contributed by atoms with E-state index in [0.29, 0.717) is 24.5 Å². The Balaban J connectivity index is 0.000000559. The lowest BCUT2D eigenvalue weighted by Crippen LogP contribution is -2.47. The molecule has 0 aliphatic heterocycles. The van der Waals surface area contributed by atoms with Crippen molar-refractivity contribution in [3.63, 3.8) is 0 Å². The van der Waals surface area contributed by atoms with Gasteiger partial charge in [-0.1, -0.05) is 72.8 Å². The van der Waals surface area contributed by atoms with Gasteiger partial charge in [-0.05, 0) is 30.2 Å². The van der Waals surface area contributed by atoms with Crippen molar-refractivity contribution in [1.29, 1.82) is 0 Å². The summed E-state index contributed by atoms with van der Waals surface area (Å²) >= 11 is 0. The van der Waals surface area contributed by atoms with Crippen molar-refractivity contribution in [2.24, 2.45) is 0 Å². The fourth-order valence-corrected chi connectivity index (χ4v) is 4.94. The molecule has 6 aromatic rings. The smallest absolute Gasteiger partial charge is 0.430 e. The Hall–Kier alpha value is -5.75. The van der Waals surface area contributed by atoms with E-state index < -0.39 is 12.1 Å². The zero-order valence-electron chi connectivity index (χ0n) is 25.1. The molecule has 0 bridgehead atoms. The van der Waals surface area contributed by atoms with Gasteiger partial charge in [0, 0.05) is 35.4 Å². The van der Waals surface area contributed by atoms with Crippen molar-refractivity contribution in [3.8, 4) is 33.8 Å². The number of nitrogens with zero attached hydrogens (tertiary/aromatic N) is 3. The van der Waals surface area contributed by atoms with Crippen molar-refractivity contribution in [3.05, 3.63) is 120 Å². The monoisotopic (exact) mass is 639 g/mol. The highest BCUT2D eigenvalue weighted by Gasteiger charge is 2.29. The maximum absolute atomic E-state index is 12.9. The van der Waals surface area contributed by atoms with E-state index in [9.17, 15) is 18.0 Å². The van der Waals surface area contributed by atoms with Gasteiger partial charge in [0.1, 0.15) is 17.6 Å². The Bertz CT molecular complexity index is 1980. The van der Waals surface area contributed by atoms with Gasteiger partial charge in [0.15, 0.2) is 5.82 Å². The second-order valence-electron chi connectivity index (χ2n) is 10.6. The molecular formula is C35H30F3N6O3+. The molecule has 0 aliphatic carbocycles. The molecule has 0 aliphatic rings. The van der Waals surface area contributed by atoms with E-state index in [1.807, 2.05) is 54.6 Å². The second-order valence-corrected chi connectivity index (χ2v) is 10.6. The molecule has 5 N–H and O–H groups in total. The van der Waals surface area contributed by atoms with Crippen LogP contribution in [-0.4, -0.2) is 38.1 Å². The van der Waals surface area contributed by atoms with E-state index in [1.165, 1.54) is 5.56 Å². The number of carbonyl (C=O) groups is 2. The molecule has 0 spiro atoms. The maximum atomic E-state index is 12.9. The molecule has 12 heteroatoms. The predicted molar refractivity (Wildman–Crippen MR) is 166 cm³/mol. The van der Waals surface area contributed by atoms with Crippen molar-refractivity contribution >= 4 is 22.7 Å².